The fourth-order valence-electron chi connectivity index (χ4n) is 6.20. The molecule has 5 nitrogen and oxygen atoms in total. The van der Waals surface area contributed by atoms with Crippen LogP contribution in [-0.4, -0.2) is 19.3 Å². The van der Waals surface area contributed by atoms with Crippen LogP contribution in [0.15, 0.2) is 152 Å². The Balaban J connectivity index is 1.22. The number of rotatable bonds is 6. The molecular formula is C42H34N4O. The zero-order chi connectivity index (χ0) is 32.0. The fraction of sp³-hybridized carbons (Fsp3) is 0.0952. The lowest BCUT2D eigenvalue weighted by Crippen LogP contribution is -2.12. The Labute approximate surface area is 274 Å². The van der Waals surface area contributed by atoms with Gasteiger partial charge in [-0.05, 0) is 70.1 Å². The highest BCUT2D eigenvalue weighted by molar-refractivity contribution is 6.09. The number of para-hydroxylation sites is 1. The first kappa shape index (κ1) is 28.5. The summed E-state index contributed by atoms with van der Waals surface area (Å²) >= 11 is 0. The van der Waals surface area contributed by atoms with E-state index in [0.717, 1.165) is 61.7 Å². The van der Waals surface area contributed by atoms with Gasteiger partial charge in [-0.2, -0.15) is 5.10 Å². The summed E-state index contributed by atoms with van der Waals surface area (Å²) in [5.74, 6) is 2.37. The number of hydrogen-bond acceptors (Lipinski definition) is 3. The van der Waals surface area contributed by atoms with Gasteiger partial charge in [-0.25, -0.2) is 9.67 Å². The first-order valence-electron chi connectivity index (χ1n) is 15.9. The Bertz CT molecular complexity index is 2360. The first-order valence-corrected chi connectivity index (χ1v) is 15.9. The Hall–Kier alpha value is -5.94. The summed E-state index contributed by atoms with van der Waals surface area (Å²) in [6.45, 7) is 6.65. The van der Waals surface area contributed by atoms with Gasteiger partial charge in [-0.15, -0.1) is 0 Å². The molecule has 3 aromatic heterocycles. The summed E-state index contributed by atoms with van der Waals surface area (Å²) in [7, 11) is 0. The maximum Gasteiger partial charge on any atom is 0.138 e. The number of fused-ring (bicyclic) bond motifs is 3. The van der Waals surface area contributed by atoms with Crippen LogP contribution in [0.1, 0.15) is 26.3 Å². The molecule has 0 N–H and O–H groups in total. The predicted molar refractivity (Wildman–Crippen MR) is 192 cm³/mol. The summed E-state index contributed by atoms with van der Waals surface area (Å²) in [6.07, 6.45) is 5.87. The Morgan fingerprint density at radius 3 is 2.04 bits per heavy atom. The average Bonchev–Trinajstić information content (AvgIpc) is 3.72. The van der Waals surface area contributed by atoms with Crippen LogP contribution in [0.5, 0.6) is 11.5 Å². The molecule has 0 aliphatic carbocycles. The predicted octanol–water partition coefficient (Wildman–Crippen LogP) is 10.8. The Morgan fingerprint density at radius 2 is 1.28 bits per heavy atom. The summed E-state index contributed by atoms with van der Waals surface area (Å²) in [5.41, 5.74) is 8.64. The van der Waals surface area contributed by atoms with Crippen molar-refractivity contribution in [3.05, 3.63) is 158 Å². The minimum Gasteiger partial charge on any atom is -0.457 e. The van der Waals surface area contributed by atoms with Crippen molar-refractivity contribution < 1.29 is 4.74 Å². The molecule has 0 saturated carbocycles. The topological polar surface area (TPSA) is 44.9 Å². The number of nitrogens with zero attached hydrogens (tertiary/aromatic N) is 4. The number of hydrogen-bond donors (Lipinski definition) is 0. The SMILES string of the molecule is CC(C)(C)c1cc(Oc2ccc3c4ccccc4n(-c4cc(-c5ccccc5)ccn4)c3c2)cc(-n2cc(-c3ccccc3)cn2)c1. The third-order valence-electron chi connectivity index (χ3n) is 8.67. The normalized spacial score (nSPS) is 11.7. The van der Waals surface area contributed by atoms with Gasteiger partial charge >= 0.3 is 0 Å². The van der Waals surface area contributed by atoms with Crippen LogP contribution in [0.4, 0.5) is 0 Å². The van der Waals surface area contributed by atoms with Crippen LogP contribution < -0.4 is 4.74 Å². The minimum absolute atomic E-state index is 0.0879. The highest BCUT2D eigenvalue weighted by atomic mass is 16.5. The lowest BCUT2D eigenvalue weighted by atomic mass is 9.86. The van der Waals surface area contributed by atoms with E-state index in [0.29, 0.717) is 0 Å². The van der Waals surface area contributed by atoms with Gasteiger partial charge in [-0.3, -0.25) is 4.57 Å². The number of ether oxygens (including phenoxy) is 1. The fourth-order valence-corrected chi connectivity index (χ4v) is 6.20. The summed E-state index contributed by atoms with van der Waals surface area (Å²) in [6, 6.07) is 46.2. The van der Waals surface area contributed by atoms with Gasteiger partial charge in [0.1, 0.15) is 17.3 Å². The van der Waals surface area contributed by atoms with Gasteiger partial charge in [0.05, 0.1) is 22.9 Å². The van der Waals surface area contributed by atoms with Crippen LogP contribution in [0.3, 0.4) is 0 Å². The van der Waals surface area contributed by atoms with Gasteiger partial charge in [0.15, 0.2) is 0 Å². The van der Waals surface area contributed by atoms with Crippen molar-refractivity contribution in [1.29, 1.82) is 0 Å². The van der Waals surface area contributed by atoms with Crippen molar-refractivity contribution in [2.75, 3.05) is 0 Å². The van der Waals surface area contributed by atoms with Crippen molar-refractivity contribution in [2.24, 2.45) is 0 Å². The van der Waals surface area contributed by atoms with E-state index in [9.17, 15) is 0 Å². The molecular weight excluding hydrogens is 576 g/mol. The maximum absolute atomic E-state index is 6.68. The molecule has 0 aliphatic rings. The second-order valence-electron chi connectivity index (χ2n) is 12.9. The molecule has 47 heavy (non-hydrogen) atoms. The van der Waals surface area contributed by atoms with E-state index >= 15 is 0 Å². The zero-order valence-corrected chi connectivity index (χ0v) is 26.6. The van der Waals surface area contributed by atoms with Crippen molar-refractivity contribution in [3.8, 4) is 45.3 Å². The molecule has 0 fully saturated rings. The monoisotopic (exact) mass is 610 g/mol. The average molecular weight is 611 g/mol. The maximum atomic E-state index is 6.68. The van der Waals surface area contributed by atoms with E-state index < -0.39 is 0 Å². The molecule has 8 aromatic rings. The quantitative estimate of drug-likeness (QED) is 0.188. The van der Waals surface area contributed by atoms with E-state index in [1.165, 1.54) is 10.9 Å². The van der Waals surface area contributed by atoms with Crippen LogP contribution in [0.25, 0.3) is 55.6 Å². The van der Waals surface area contributed by atoms with Gasteiger partial charge in [-0.1, -0.05) is 99.6 Å². The highest BCUT2D eigenvalue weighted by Crippen LogP contribution is 2.37. The summed E-state index contributed by atoms with van der Waals surface area (Å²) in [5, 5.41) is 7.04. The molecule has 0 saturated heterocycles. The largest absolute Gasteiger partial charge is 0.457 e. The zero-order valence-electron chi connectivity index (χ0n) is 26.6. The van der Waals surface area contributed by atoms with Crippen molar-refractivity contribution >= 4 is 21.8 Å². The molecule has 228 valence electrons. The van der Waals surface area contributed by atoms with E-state index in [2.05, 4.69) is 141 Å². The number of pyridine rings is 1. The number of benzene rings is 5. The lowest BCUT2D eigenvalue weighted by Gasteiger charge is -2.21. The number of aromatic nitrogens is 4. The van der Waals surface area contributed by atoms with Crippen LogP contribution in [0.2, 0.25) is 0 Å². The second kappa shape index (κ2) is 11.5. The van der Waals surface area contributed by atoms with Crippen LogP contribution >= 0.6 is 0 Å². The van der Waals surface area contributed by atoms with Gasteiger partial charge in [0.2, 0.25) is 0 Å². The van der Waals surface area contributed by atoms with Crippen LogP contribution in [-0.2, 0) is 5.41 Å². The van der Waals surface area contributed by atoms with Crippen LogP contribution in [0, 0.1) is 0 Å². The Kier molecular flexibility index (Phi) is 6.95. The van der Waals surface area contributed by atoms with Crippen molar-refractivity contribution in [2.45, 2.75) is 26.2 Å². The van der Waals surface area contributed by atoms with Crippen molar-refractivity contribution in [1.82, 2.24) is 19.3 Å². The Morgan fingerprint density at radius 1 is 0.574 bits per heavy atom. The molecule has 0 radical (unpaired) electrons. The summed E-state index contributed by atoms with van der Waals surface area (Å²) < 4.78 is 10.8. The molecule has 0 aliphatic heterocycles. The highest BCUT2D eigenvalue weighted by Gasteiger charge is 2.19. The third-order valence-corrected chi connectivity index (χ3v) is 8.67. The molecule has 0 atom stereocenters. The molecule has 5 heteroatoms. The molecule has 0 amide bonds. The van der Waals surface area contributed by atoms with E-state index in [1.54, 1.807) is 0 Å². The van der Waals surface area contributed by atoms with Gasteiger partial charge in [0.25, 0.3) is 0 Å². The molecule has 8 rings (SSSR count). The summed E-state index contributed by atoms with van der Waals surface area (Å²) in [4.78, 5) is 4.84. The molecule has 5 aromatic carbocycles. The third kappa shape index (κ3) is 5.46. The molecule has 0 spiro atoms. The van der Waals surface area contributed by atoms with E-state index in [1.807, 2.05) is 41.3 Å². The standard InChI is InChI=1S/C42H34N4O/c1-42(2,3)33-23-34(45-28-32(27-44-45)30-14-8-5-9-15-30)25-36(24-33)47-35-18-19-38-37-16-10-11-17-39(37)46(40(38)26-35)41-22-31(20-21-43-41)29-12-6-4-7-13-29/h4-28H,1-3H3. The lowest BCUT2D eigenvalue weighted by molar-refractivity contribution is 0.478. The molecule has 0 unspecified atom stereocenters. The molecule has 0 bridgehead atoms. The van der Waals surface area contributed by atoms with E-state index in [4.69, 9.17) is 14.8 Å². The van der Waals surface area contributed by atoms with E-state index in [-0.39, 0.29) is 5.41 Å². The van der Waals surface area contributed by atoms with Crippen molar-refractivity contribution in [3.63, 3.8) is 0 Å². The second-order valence-corrected chi connectivity index (χ2v) is 12.9. The molecule has 3 heterocycles. The minimum atomic E-state index is -0.0879. The first-order chi connectivity index (χ1) is 22.9. The van der Waals surface area contributed by atoms with Gasteiger partial charge in [0, 0.05) is 40.9 Å². The smallest absolute Gasteiger partial charge is 0.138 e. The van der Waals surface area contributed by atoms with Gasteiger partial charge < -0.3 is 4.74 Å².